The number of nitrogens with two attached hydrogens (primary N) is 1. The molecule has 4 heteroatoms. The number of carbonyl (C=O) groups excluding carboxylic acids is 1. The van der Waals surface area contributed by atoms with Crippen molar-refractivity contribution in [2.75, 3.05) is 19.6 Å². The molecule has 2 unspecified atom stereocenters. The smallest absolute Gasteiger partial charge is 0.320 e. The minimum absolute atomic E-state index is 0.129. The summed E-state index contributed by atoms with van der Waals surface area (Å²) in [4.78, 5) is 14.2. The van der Waals surface area contributed by atoms with Crippen LogP contribution in [0.15, 0.2) is 0 Å². The van der Waals surface area contributed by atoms with E-state index in [-0.39, 0.29) is 5.97 Å². The highest BCUT2D eigenvalue weighted by atomic mass is 16.6. The Morgan fingerprint density at radius 1 is 1.32 bits per heavy atom. The Bertz CT molecular complexity index is 286. The summed E-state index contributed by atoms with van der Waals surface area (Å²) in [6.07, 6.45) is 4.85. The van der Waals surface area contributed by atoms with E-state index in [0.717, 1.165) is 19.5 Å². The Morgan fingerprint density at radius 3 is 2.47 bits per heavy atom. The van der Waals surface area contributed by atoms with Gasteiger partial charge in [0.15, 0.2) is 0 Å². The van der Waals surface area contributed by atoms with Gasteiger partial charge in [-0.2, -0.15) is 0 Å². The molecular formula is C15H30N2O2. The zero-order chi connectivity index (χ0) is 14.5. The number of likely N-dealkylation sites (N-methyl/N-ethyl adjacent to an activating group) is 1. The molecule has 0 bridgehead atoms. The van der Waals surface area contributed by atoms with Crippen LogP contribution in [0.5, 0.6) is 0 Å². The standard InChI is InChI=1S/C15H30N2O2/c1-5-17(11-14(18)19-15(2,3)4)13-9-7-6-8-12(13)10-16/h12-13H,5-11,16H2,1-4H3. The summed E-state index contributed by atoms with van der Waals surface area (Å²) >= 11 is 0. The molecule has 1 aliphatic rings. The maximum absolute atomic E-state index is 12.0. The van der Waals surface area contributed by atoms with Crippen molar-refractivity contribution in [2.24, 2.45) is 11.7 Å². The first-order valence-electron chi connectivity index (χ1n) is 7.53. The van der Waals surface area contributed by atoms with Gasteiger partial charge >= 0.3 is 5.97 Å². The predicted molar refractivity (Wildman–Crippen MR) is 77.9 cm³/mol. The molecule has 1 aliphatic carbocycles. The minimum Gasteiger partial charge on any atom is -0.459 e. The third-order valence-electron chi connectivity index (χ3n) is 3.80. The Morgan fingerprint density at radius 2 is 1.95 bits per heavy atom. The highest BCUT2D eigenvalue weighted by molar-refractivity contribution is 5.72. The lowest BCUT2D eigenvalue weighted by Crippen LogP contribution is -2.47. The molecule has 0 spiro atoms. The van der Waals surface area contributed by atoms with Gasteiger partial charge in [0.25, 0.3) is 0 Å². The lowest BCUT2D eigenvalue weighted by Gasteiger charge is -2.39. The molecule has 0 heterocycles. The number of hydrogen-bond acceptors (Lipinski definition) is 4. The number of rotatable bonds is 5. The molecular weight excluding hydrogens is 240 g/mol. The number of ether oxygens (including phenoxy) is 1. The van der Waals surface area contributed by atoms with Crippen LogP contribution >= 0.6 is 0 Å². The van der Waals surface area contributed by atoms with Crippen molar-refractivity contribution in [1.82, 2.24) is 4.90 Å². The number of nitrogens with zero attached hydrogens (tertiary/aromatic N) is 1. The second kappa shape index (κ2) is 7.25. The van der Waals surface area contributed by atoms with Crippen LogP contribution in [0.4, 0.5) is 0 Å². The molecule has 2 N–H and O–H groups in total. The fourth-order valence-electron chi connectivity index (χ4n) is 2.95. The average molecular weight is 270 g/mol. The first-order chi connectivity index (χ1) is 8.87. The predicted octanol–water partition coefficient (Wildman–Crippen LogP) is 2.17. The van der Waals surface area contributed by atoms with Gasteiger partial charge in [0.2, 0.25) is 0 Å². The van der Waals surface area contributed by atoms with Crippen molar-refractivity contribution in [3.63, 3.8) is 0 Å². The van der Waals surface area contributed by atoms with Crippen LogP contribution in [0.25, 0.3) is 0 Å². The van der Waals surface area contributed by atoms with Gasteiger partial charge in [-0.25, -0.2) is 0 Å². The number of carbonyl (C=O) groups is 1. The number of hydrogen-bond donors (Lipinski definition) is 1. The van der Waals surface area contributed by atoms with Crippen LogP contribution in [0.1, 0.15) is 53.4 Å². The van der Waals surface area contributed by atoms with Gasteiger partial charge in [-0.05, 0) is 52.6 Å². The van der Waals surface area contributed by atoms with Crippen molar-refractivity contribution >= 4 is 5.97 Å². The fourth-order valence-corrected chi connectivity index (χ4v) is 2.95. The molecule has 4 nitrogen and oxygen atoms in total. The average Bonchev–Trinajstić information content (AvgIpc) is 2.33. The number of esters is 1. The van der Waals surface area contributed by atoms with Gasteiger partial charge in [-0.1, -0.05) is 19.8 Å². The first kappa shape index (κ1) is 16.4. The van der Waals surface area contributed by atoms with Crippen LogP contribution in [-0.2, 0) is 9.53 Å². The van der Waals surface area contributed by atoms with E-state index in [1.807, 2.05) is 20.8 Å². The monoisotopic (exact) mass is 270 g/mol. The Hall–Kier alpha value is -0.610. The molecule has 0 saturated heterocycles. The van der Waals surface area contributed by atoms with Crippen molar-refractivity contribution < 1.29 is 9.53 Å². The topological polar surface area (TPSA) is 55.6 Å². The summed E-state index contributed by atoms with van der Waals surface area (Å²) in [7, 11) is 0. The molecule has 19 heavy (non-hydrogen) atoms. The molecule has 1 fully saturated rings. The molecule has 0 aromatic heterocycles. The molecule has 2 atom stereocenters. The van der Waals surface area contributed by atoms with Crippen molar-refractivity contribution in [2.45, 2.75) is 65.0 Å². The van der Waals surface area contributed by atoms with E-state index in [4.69, 9.17) is 10.5 Å². The van der Waals surface area contributed by atoms with Crippen molar-refractivity contribution in [3.05, 3.63) is 0 Å². The molecule has 0 amide bonds. The third-order valence-corrected chi connectivity index (χ3v) is 3.80. The molecule has 1 saturated carbocycles. The van der Waals surface area contributed by atoms with E-state index in [2.05, 4.69) is 11.8 Å². The highest BCUT2D eigenvalue weighted by Crippen LogP contribution is 2.27. The molecule has 112 valence electrons. The maximum atomic E-state index is 12.0. The maximum Gasteiger partial charge on any atom is 0.320 e. The van der Waals surface area contributed by atoms with Crippen LogP contribution in [-0.4, -0.2) is 42.1 Å². The molecule has 0 aromatic rings. The summed E-state index contributed by atoms with van der Waals surface area (Å²) in [6, 6.07) is 0.441. The van der Waals surface area contributed by atoms with Crippen LogP contribution in [0.3, 0.4) is 0 Å². The summed E-state index contributed by atoms with van der Waals surface area (Å²) in [5, 5.41) is 0. The van der Waals surface area contributed by atoms with Crippen molar-refractivity contribution in [1.29, 1.82) is 0 Å². The lowest BCUT2D eigenvalue weighted by molar-refractivity contribution is -0.157. The molecule has 0 aromatic carbocycles. The van der Waals surface area contributed by atoms with E-state index in [1.54, 1.807) is 0 Å². The van der Waals surface area contributed by atoms with E-state index < -0.39 is 5.60 Å². The van der Waals surface area contributed by atoms with Gasteiger partial charge in [0.1, 0.15) is 5.60 Å². The molecule has 0 aliphatic heterocycles. The Labute approximate surface area is 117 Å². The SMILES string of the molecule is CCN(CC(=O)OC(C)(C)C)C1CCCCC1CN. The largest absolute Gasteiger partial charge is 0.459 e. The van der Waals surface area contributed by atoms with E-state index >= 15 is 0 Å². The second-order valence-electron chi connectivity index (χ2n) is 6.50. The minimum atomic E-state index is -0.406. The second-order valence-corrected chi connectivity index (χ2v) is 6.50. The first-order valence-corrected chi connectivity index (χ1v) is 7.53. The van der Waals surface area contributed by atoms with Crippen LogP contribution in [0, 0.1) is 5.92 Å². The molecule has 1 rings (SSSR count). The Balaban J connectivity index is 2.58. The van der Waals surface area contributed by atoms with E-state index in [9.17, 15) is 4.79 Å². The Kier molecular flexibility index (Phi) is 6.27. The van der Waals surface area contributed by atoms with Gasteiger partial charge in [0.05, 0.1) is 6.54 Å². The quantitative estimate of drug-likeness (QED) is 0.778. The van der Waals surface area contributed by atoms with Gasteiger partial charge in [0, 0.05) is 6.04 Å². The summed E-state index contributed by atoms with van der Waals surface area (Å²) in [5.41, 5.74) is 5.47. The third kappa shape index (κ3) is 5.49. The van der Waals surface area contributed by atoms with E-state index in [1.165, 1.54) is 19.3 Å². The summed E-state index contributed by atoms with van der Waals surface area (Å²) in [6.45, 7) is 9.80. The fraction of sp³-hybridized carbons (Fsp3) is 0.933. The normalized spacial score (nSPS) is 24.5. The summed E-state index contributed by atoms with van der Waals surface area (Å²) in [5.74, 6) is 0.395. The van der Waals surface area contributed by atoms with Crippen LogP contribution in [0.2, 0.25) is 0 Å². The molecule has 0 radical (unpaired) electrons. The van der Waals surface area contributed by atoms with Crippen molar-refractivity contribution in [3.8, 4) is 0 Å². The van der Waals surface area contributed by atoms with Gasteiger partial charge in [-0.15, -0.1) is 0 Å². The van der Waals surface area contributed by atoms with E-state index in [0.29, 0.717) is 18.5 Å². The zero-order valence-electron chi connectivity index (χ0n) is 12.9. The zero-order valence-corrected chi connectivity index (χ0v) is 12.9. The van der Waals surface area contributed by atoms with Crippen LogP contribution < -0.4 is 5.73 Å². The van der Waals surface area contributed by atoms with Gasteiger partial charge in [-0.3, -0.25) is 9.69 Å². The lowest BCUT2D eigenvalue weighted by atomic mass is 9.83. The summed E-state index contributed by atoms with van der Waals surface area (Å²) < 4.78 is 5.42. The highest BCUT2D eigenvalue weighted by Gasteiger charge is 2.30. The van der Waals surface area contributed by atoms with Gasteiger partial charge < -0.3 is 10.5 Å².